The maximum absolute atomic E-state index is 13.1. The predicted octanol–water partition coefficient (Wildman–Crippen LogP) is 5.76. The molecular weight excluding hydrogens is 430 g/mol. The Balaban J connectivity index is 1.53. The maximum atomic E-state index is 13.1. The molecule has 1 amide bonds. The fraction of sp³-hybridized carbons (Fsp3) is 0. The van der Waals surface area contributed by atoms with E-state index < -0.39 is 5.91 Å². The fourth-order valence-corrected chi connectivity index (χ4v) is 3.03. The number of halogens is 3. The number of pyridine rings is 1. The first-order valence-electron chi connectivity index (χ1n) is 8.70. The Kier molecular flexibility index (Phi) is 5.65. The van der Waals surface area contributed by atoms with Gasteiger partial charge in [0.25, 0.3) is 5.91 Å². The first-order valence-corrected chi connectivity index (χ1v) is 9.46. The summed E-state index contributed by atoms with van der Waals surface area (Å²) in [7, 11) is 0. The summed E-state index contributed by atoms with van der Waals surface area (Å²) in [6.45, 7) is 0. The molecule has 4 rings (SSSR count). The molecule has 30 heavy (non-hydrogen) atoms. The van der Waals surface area contributed by atoms with Crippen LogP contribution in [0.4, 0.5) is 10.1 Å². The molecule has 0 fully saturated rings. The molecule has 9 heteroatoms. The highest BCUT2D eigenvalue weighted by Crippen LogP contribution is 2.33. The molecule has 2 aromatic carbocycles. The second kappa shape index (κ2) is 8.52. The average molecular weight is 443 g/mol. The zero-order valence-electron chi connectivity index (χ0n) is 15.2. The molecule has 0 atom stereocenters. The van der Waals surface area contributed by atoms with Crippen LogP contribution in [0.25, 0.3) is 5.69 Å². The van der Waals surface area contributed by atoms with Gasteiger partial charge in [-0.15, -0.1) is 0 Å². The standard InChI is InChI=1S/C21H13Cl2FN4O2/c22-13-11-16(23)21(25-12-13)30-19-4-2-1-3-17(19)26-20(29)18-9-10-28(27-18)15-7-5-14(24)6-8-15/h1-12H,(H,26,29). The van der Waals surface area contributed by atoms with E-state index in [4.69, 9.17) is 27.9 Å². The minimum absolute atomic E-state index is 0.156. The van der Waals surface area contributed by atoms with Gasteiger partial charge in [0.15, 0.2) is 11.4 Å². The summed E-state index contributed by atoms with van der Waals surface area (Å²) in [5.74, 6) is -0.290. The lowest BCUT2D eigenvalue weighted by Gasteiger charge is -2.12. The summed E-state index contributed by atoms with van der Waals surface area (Å²) in [5.41, 5.74) is 1.21. The van der Waals surface area contributed by atoms with Crippen LogP contribution >= 0.6 is 23.2 Å². The van der Waals surface area contributed by atoms with Crippen molar-refractivity contribution in [2.24, 2.45) is 0 Å². The second-order valence-electron chi connectivity index (χ2n) is 6.11. The molecule has 2 aromatic heterocycles. The van der Waals surface area contributed by atoms with Crippen molar-refractivity contribution in [2.75, 3.05) is 5.32 Å². The molecule has 4 aromatic rings. The molecule has 0 bridgehead atoms. The Morgan fingerprint density at radius 1 is 1.07 bits per heavy atom. The highest BCUT2D eigenvalue weighted by molar-refractivity contribution is 6.35. The highest BCUT2D eigenvalue weighted by Gasteiger charge is 2.15. The van der Waals surface area contributed by atoms with Gasteiger partial charge in [-0.3, -0.25) is 4.79 Å². The smallest absolute Gasteiger partial charge is 0.276 e. The van der Waals surface area contributed by atoms with Crippen molar-refractivity contribution < 1.29 is 13.9 Å². The summed E-state index contributed by atoms with van der Waals surface area (Å²) in [4.78, 5) is 16.7. The van der Waals surface area contributed by atoms with Gasteiger partial charge in [0, 0.05) is 12.4 Å². The number of nitrogens with one attached hydrogen (secondary N) is 1. The van der Waals surface area contributed by atoms with Gasteiger partial charge in [-0.1, -0.05) is 35.3 Å². The van der Waals surface area contributed by atoms with E-state index in [1.165, 1.54) is 29.1 Å². The van der Waals surface area contributed by atoms with Crippen LogP contribution in [-0.4, -0.2) is 20.7 Å². The minimum Gasteiger partial charge on any atom is -0.435 e. The number of hydrogen-bond acceptors (Lipinski definition) is 4. The molecule has 0 aliphatic heterocycles. The van der Waals surface area contributed by atoms with Gasteiger partial charge in [-0.05, 0) is 48.5 Å². The number of carbonyl (C=O) groups excluding carboxylic acids is 1. The van der Waals surface area contributed by atoms with Crippen LogP contribution in [0.15, 0.2) is 73.1 Å². The van der Waals surface area contributed by atoms with Gasteiger partial charge < -0.3 is 10.1 Å². The zero-order valence-corrected chi connectivity index (χ0v) is 16.7. The molecule has 0 saturated heterocycles. The van der Waals surface area contributed by atoms with Crippen molar-refractivity contribution >= 4 is 34.8 Å². The summed E-state index contributed by atoms with van der Waals surface area (Å²) >= 11 is 12.0. The molecule has 6 nitrogen and oxygen atoms in total. The van der Waals surface area contributed by atoms with Gasteiger partial charge in [-0.2, -0.15) is 5.10 Å². The quantitative estimate of drug-likeness (QED) is 0.426. The SMILES string of the molecule is O=C(Nc1ccccc1Oc1ncc(Cl)cc1Cl)c1ccn(-c2ccc(F)cc2)n1. The van der Waals surface area contributed by atoms with Gasteiger partial charge in [0.1, 0.15) is 10.8 Å². The summed E-state index contributed by atoms with van der Waals surface area (Å²) < 4.78 is 20.3. The largest absolute Gasteiger partial charge is 0.435 e. The van der Waals surface area contributed by atoms with E-state index in [2.05, 4.69) is 15.4 Å². The number of anilines is 1. The van der Waals surface area contributed by atoms with Crippen LogP contribution in [-0.2, 0) is 0 Å². The van der Waals surface area contributed by atoms with Gasteiger partial charge >= 0.3 is 0 Å². The average Bonchev–Trinajstić information content (AvgIpc) is 3.22. The number of rotatable bonds is 5. The Morgan fingerprint density at radius 3 is 2.60 bits per heavy atom. The zero-order chi connectivity index (χ0) is 21.1. The van der Waals surface area contributed by atoms with Crippen LogP contribution in [0, 0.1) is 5.82 Å². The minimum atomic E-state index is -0.443. The van der Waals surface area contributed by atoms with Crippen LogP contribution in [0.2, 0.25) is 10.0 Å². The Labute approximate surface area is 180 Å². The molecule has 0 aliphatic carbocycles. The van der Waals surface area contributed by atoms with Crippen LogP contribution in [0.5, 0.6) is 11.6 Å². The van der Waals surface area contributed by atoms with Crippen molar-refractivity contribution in [3.05, 3.63) is 94.6 Å². The summed E-state index contributed by atoms with van der Waals surface area (Å²) in [6.07, 6.45) is 3.02. The van der Waals surface area contributed by atoms with E-state index in [1.807, 2.05) is 0 Å². The molecule has 0 unspecified atom stereocenters. The number of amides is 1. The van der Waals surface area contributed by atoms with Gasteiger partial charge in [0.2, 0.25) is 5.88 Å². The number of hydrogen-bond donors (Lipinski definition) is 1. The topological polar surface area (TPSA) is 69.0 Å². The van der Waals surface area contributed by atoms with Gasteiger partial charge in [0.05, 0.1) is 16.4 Å². The second-order valence-corrected chi connectivity index (χ2v) is 6.96. The van der Waals surface area contributed by atoms with Crippen molar-refractivity contribution in [2.45, 2.75) is 0 Å². The number of para-hydroxylation sites is 2. The van der Waals surface area contributed by atoms with E-state index >= 15 is 0 Å². The van der Waals surface area contributed by atoms with E-state index in [0.29, 0.717) is 22.1 Å². The summed E-state index contributed by atoms with van der Waals surface area (Å²) in [6, 6.07) is 15.7. The first kappa shape index (κ1) is 19.9. The van der Waals surface area contributed by atoms with E-state index in [0.717, 1.165) is 0 Å². The molecule has 0 radical (unpaired) electrons. The van der Waals surface area contributed by atoms with Crippen molar-refractivity contribution in [1.29, 1.82) is 0 Å². The summed E-state index contributed by atoms with van der Waals surface area (Å²) in [5, 5.41) is 7.61. The lowest BCUT2D eigenvalue weighted by atomic mass is 10.2. The lowest BCUT2D eigenvalue weighted by Crippen LogP contribution is -2.13. The van der Waals surface area contributed by atoms with Crippen LogP contribution in [0.3, 0.4) is 0 Å². The third-order valence-corrected chi connectivity index (χ3v) is 4.51. The Morgan fingerprint density at radius 2 is 1.83 bits per heavy atom. The Bertz CT molecular complexity index is 1210. The van der Waals surface area contributed by atoms with Gasteiger partial charge in [-0.25, -0.2) is 14.1 Å². The van der Waals surface area contributed by atoms with Crippen molar-refractivity contribution in [3.8, 4) is 17.3 Å². The number of carbonyl (C=O) groups is 1. The molecular formula is C21H13Cl2FN4O2. The molecule has 150 valence electrons. The predicted molar refractivity (Wildman–Crippen MR) is 112 cm³/mol. The molecule has 0 saturated carbocycles. The molecule has 0 aliphatic rings. The number of aromatic nitrogens is 3. The lowest BCUT2D eigenvalue weighted by molar-refractivity contribution is 0.102. The number of nitrogens with zero attached hydrogens (tertiary/aromatic N) is 3. The third-order valence-electron chi connectivity index (χ3n) is 4.03. The van der Waals surface area contributed by atoms with Crippen molar-refractivity contribution in [1.82, 2.24) is 14.8 Å². The molecule has 1 N–H and O–H groups in total. The van der Waals surface area contributed by atoms with E-state index in [9.17, 15) is 9.18 Å². The monoisotopic (exact) mass is 442 g/mol. The van der Waals surface area contributed by atoms with E-state index in [1.54, 1.807) is 48.7 Å². The maximum Gasteiger partial charge on any atom is 0.276 e. The highest BCUT2D eigenvalue weighted by atomic mass is 35.5. The number of benzene rings is 2. The van der Waals surface area contributed by atoms with Crippen LogP contribution in [0.1, 0.15) is 10.5 Å². The fourth-order valence-electron chi connectivity index (χ4n) is 2.61. The van der Waals surface area contributed by atoms with Crippen LogP contribution < -0.4 is 10.1 Å². The number of ether oxygens (including phenoxy) is 1. The molecule has 2 heterocycles. The first-order chi connectivity index (χ1) is 14.5. The molecule has 0 spiro atoms. The Hall–Kier alpha value is -3.42. The van der Waals surface area contributed by atoms with Crippen molar-refractivity contribution in [3.63, 3.8) is 0 Å². The van der Waals surface area contributed by atoms with E-state index in [-0.39, 0.29) is 22.4 Å². The third kappa shape index (κ3) is 4.42. The normalized spacial score (nSPS) is 10.6.